The quantitative estimate of drug-likeness (QED) is 0.395. The summed E-state index contributed by atoms with van der Waals surface area (Å²) in [4.78, 5) is 21.2. The lowest BCUT2D eigenvalue weighted by atomic mass is 10.0. The second-order valence-electron chi connectivity index (χ2n) is 7.55. The standard InChI is InChI=1S/C21H32N4O.HI/c1-3-22-21(25-13-6-8-17(2)15-25)23-14-18-9-4-5-10-19(18)16-24-12-7-11-20(24)26;/h4-5,9-10,17H,3,6-8,11-16H2,1-2H3,(H,22,23);1H. The summed E-state index contributed by atoms with van der Waals surface area (Å²) in [7, 11) is 0. The average molecular weight is 484 g/mol. The summed E-state index contributed by atoms with van der Waals surface area (Å²) < 4.78 is 0. The molecule has 150 valence electrons. The minimum absolute atomic E-state index is 0. The smallest absolute Gasteiger partial charge is 0.222 e. The van der Waals surface area contributed by atoms with E-state index in [1.54, 1.807) is 0 Å². The Morgan fingerprint density at radius 1 is 1.22 bits per heavy atom. The molecular weight excluding hydrogens is 451 g/mol. The molecule has 1 aromatic rings. The van der Waals surface area contributed by atoms with Gasteiger partial charge in [0, 0.05) is 39.1 Å². The summed E-state index contributed by atoms with van der Waals surface area (Å²) in [5.74, 6) is 2.02. The Kier molecular flexibility index (Phi) is 8.86. The molecule has 6 heteroatoms. The number of carbonyl (C=O) groups excluding carboxylic acids is 1. The van der Waals surface area contributed by atoms with Crippen molar-refractivity contribution < 1.29 is 4.79 Å². The number of amides is 1. The van der Waals surface area contributed by atoms with Crippen molar-refractivity contribution in [2.45, 2.75) is 52.6 Å². The number of nitrogens with zero attached hydrogens (tertiary/aromatic N) is 3. The van der Waals surface area contributed by atoms with Gasteiger partial charge in [-0.15, -0.1) is 24.0 Å². The number of piperidine rings is 1. The predicted molar refractivity (Wildman–Crippen MR) is 121 cm³/mol. The lowest BCUT2D eigenvalue weighted by molar-refractivity contribution is -0.128. The van der Waals surface area contributed by atoms with E-state index in [2.05, 4.69) is 48.3 Å². The van der Waals surface area contributed by atoms with Gasteiger partial charge < -0.3 is 15.1 Å². The van der Waals surface area contributed by atoms with Gasteiger partial charge in [0.2, 0.25) is 5.91 Å². The Bertz CT molecular complexity index is 649. The molecule has 0 aromatic heterocycles. The molecule has 27 heavy (non-hydrogen) atoms. The molecule has 1 atom stereocenters. The maximum Gasteiger partial charge on any atom is 0.222 e. The highest BCUT2D eigenvalue weighted by Crippen LogP contribution is 2.19. The van der Waals surface area contributed by atoms with Gasteiger partial charge in [-0.1, -0.05) is 31.2 Å². The first-order valence-electron chi connectivity index (χ1n) is 10.0. The van der Waals surface area contributed by atoms with Crippen LogP contribution >= 0.6 is 24.0 Å². The number of rotatable bonds is 5. The van der Waals surface area contributed by atoms with Crippen molar-refractivity contribution in [1.82, 2.24) is 15.1 Å². The molecule has 2 saturated heterocycles. The van der Waals surface area contributed by atoms with Crippen LogP contribution < -0.4 is 5.32 Å². The largest absolute Gasteiger partial charge is 0.357 e. The van der Waals surface area contributed by atoms with E-state index in [1.165, 1.54) is 24.0 Å². The van der Waals surface area contributed by atoms with Crippen molar-refractivity contribution in [3.8, 4) is 0 Å². The zero-order valence-electron chi connectivity index (χ0n) is 16.6. The van der Waals surface area contributed by atoms with Gasteiger partial charge in [0.25, 0.3) is 0 Å². The van der Waals surface area contributed by atoms with E-state index < -0.39 is 0 Å². The highest BCUT2D eigenvalue weighted by atomic mass is 127. The highest BCUT2D eigenvalue weighted by molar-refractivity contribution is 14.0. The number of hydrogen-bond acceptors (Lipinski definition) is 2. The van der Waals surface area contributed by atoms with Crippen LogP contribution in [0.15, 0.2) is 29.3 Å². The Balaban J connectivity index is 0.00000261. The zero-order valence-corrected chi connectivity index (χ0v) is 18.9. The van der Waals surface area contributed by atoms with Gasteiger partial charge in [-0.3, -0.25) is 4.79 Å². The number of aliphatic imine (C=N–C) groups is 1. The van der Waals surface area contributed by atoms with Gasteiger partial charge in [-0.05, 0) is 43.2 Å². The number of nitrogens with one attached hydrogen (secondary N) is 1. The van der Waals surface area contributed by atoms with Crippen LogP contribution in [-0.4, -0.2) is 47.8 Å². The third kappa shape index (κ3) is 6.09. The summed E-state index contributed by atoms with van der Waals surface area (Å²) in [5.41, 5.74) is 2.43. The number of halogens is 1. The van der Waals surface area contributed by atoms with Crippen LogP contribution in [0.4, 0.5) is 0 Å². The number of benzene rings is 1. The molecule has 0 spiro atoms. The minimum Gasteiger partial charge on any atom is -0.357 e. The van der Waals surface area contributed by atoms with Gasteiger partial charge >= 0.3 is 0 Å². The van der Waals surface area contributed by atoms with Crippen LogP contribution in [0.2, 0.25) is 0 Å². The molecule has 1 amide bonds. The van der Waals surface area contributed by atoms with E-state index in [0.29, 0.717) is 19.5 Å². The third-order valence-electron chi connectivity index (χ3n) is 5.34. The number of likely N-dealkylation sites (tertiary alicyclic amines) is 2. The van der Waals surface area contributed by atoms with Gasteiger partial charge in [0.15, 0.2) is 5.96 Å². The van der Waals surface area contributed by atoms with Crippen molar-refractivity contribution in [2.75, 3.05) is 26.2 Å². The maximum absolute atomic E-state index is 12.0. The first-order chi connectivity index (χ1) is 12.7. The first-order valence-corrected chi connectivity index (χ1v) is 10.0. The second kappa shape index (κ2) is 10.9. The molecule has 2 aliphatic heterocycles. The molecule has 3 rings (SSSR count). The van der Waals surface area contributed by atoms with E-state index in [4.69, 9.17) is 4.99 Å². The van der Waals surface area contributed by atoms with Crippen LogP contribution in [0.25, 0.3) is 0 Å². The minimum atomic E-state index is 0. The number of carbonyl (C=O) groups is 1. The molecule has 1 unspecified atom stereocenters. The summed E-state index contributed by atoms with van der Waals surface area (Å²) >= 11 is 0. The fourth-order valence-electron chi connectivity index (χ4n) is 3.91. The van der Waals surface area contributed by atoms with Crippen LogP contribution in [0.3, 0.4) is 0 Å². The molecule has 2 aliphatic rings. The van der Waals surface area contributed by atoms with E-state index in [0.717, 1.165) is 44.5 Å². The van der Waals surface area contributed by atoms with Crippen molar-refractivity contribution in [3.63, 3.8) is 0 Å². The maximum atomic E-state index is 12.0. The summed E-state index contributed by atoms with van der Waals surface area (Å²) in [6.45, 7) is 9.73. The average Bonchev–Trinajstić information content (AvgIpc) is 3.04. The fourth-order valence-corrected chi connectivity index (χ4v) is 3.91. The lowest BCUT2D eigenvalue weighted by Gasteiger charge is -2.33. The lowest BCUT2D eigenvalue weighted by Crippen LogP contribution is -2.46. The van der Waals surface area contributed by atoms with Crippen LogP contribution in [0, 0.1) is 5.92 Å². The topological polar surface area (TPSA) is 47.9 Å². The molecule has 0 saturated carbocycles. The Morgan fingerprint density at radius 2 is 2.00 bits per heavy atom. The predicted octanol–water partition coefficient (Wildman–Crippen LogP) is 3.62. The first kappa shape index (κ1) is 22.0. The molecule has 0 aliphatic carbocycles. The summed E-state index contributed by atoms with van der Waals surface area (Å²) in [5, 5.41) is 3.45. The van der Waals surface area contributed by atoms with E-state index in [1.807, 2.05) is 4.90 Å². The van der Waals surface area contributed by atoms with Crippen LogP contribution in [0.5, 0.6) is 0 Å². The van der Waals surface area contributed by atoms with E-state index in [-0.39, 0.29) is 29.9 Å². The van der Waals surface area contributed by atoms with E-state index in [9.17, 15) is 4.79 Å². The molecule has 0 radical (unpaired) electrons. The summed E-state index contributed by atoms with van der Waals surface area (Å²) in [6, 6.07) is 8.39. The fraction of sp³-hybridized carbons (Fsp3) is 0.619. The SMILES string of the molecule is CCNC(=NCc1ccccc1CN1CCCC1=O)N1CCCC(C)C1.I. The van der Waals surface area contributed by atoms with E-state index >= 15 is 0 Å². The van der Waals surface area contributed by atoms with Gasteiger partial charge in [-0.2, -0.15) is 0 Å². The highest BCUT2D eigenvalue weighted by Gasteiger charge is 2.21. The summed E-state index contributed by atoms with van der Waals surface area (Å²) in [6.07, 6.45) is 4.22. The van der Waals surface area contributed by atoms with Crippen molar-refractivity contribution in [2.24, 2.45) is 10.9 Å². The molecule has 0 bridgehead atoms. The third-order valence-corrected chi connectivity index (χ3v) is 5.34. The molecular formula is C21H33IN4O. The monoisotopic (exact) mass is 484 g/mol. The molecule has 2 heterocycles. The van der Waals surface area contributed by atoms with Crippen molar-refractivity contribution >= 4 is 35.8 Å². The molecule has 2 fully saturated rings. The Morgan fingerprint density at radius 3 is 2.67 bits per heavy atom. The van der Waals surface area contributed by atoms with Gasteiger partial charge in [0.1, 0.15) is 0 Å². The molecule has 1 aromatic carbocycles. The van der Waals surface area contributed by atoms with Gasteiger partial charge in [-0.25, -0.2) is 4.99 Å². The van der Waals surface area contributed by atoms with Crippen molar-refractivity contribution in [3.05, 3.63) is 35.4 Å². The molecule has 5 nitrogen and oxygen atoms in total. The second-order valence-corrected chi connectivity index (χ2v) is 7.55. The zero-order chi connectivity index (χ0) is 18.4. The Hall–Kier alpha value is -1.31. The van der Waals surface area contributed by atoms with Crippen molar-refractivity contribution in [1.29, 1.82) is 0 Å². The number of hydrogen-bond donors (Lipinski definition) is 1. The van der Waals surface area contributed by atoms with Crippen LogP contribution in [0.1, 0.15) is 50.7 Å². The van der Waals surface area contributed by atoms with Crippen LogP contribution in [-0.2, 0) is 17.9 Å². The van der Waals surface area contributed by atoms with Gasteiger partial charge in [0.05, 0.1) is 6.54 Å². The number of guanidine groups is 1. The normalized spacial score (nSPS) is 20.6. The molecule has 1 N–H and O–H groups in total. The Labute approximate surface area is 180 Å².